The highest BCUT2D eigenvalue weighted by Gasteiger charge is 2.23. The van der Waals surface area contributed by atoms with Gasteiger partial charge in [-0.15, -0.1) is 0 Å². The Morgan fingerprint density at radius 2 is 1.95 bits per heavy atom. The number of hydroxylamine groups is 1. The second-order valence-electron chi connectivity index (χ2n) is 4.02. The van der Waals surface area contributed by atoms with Crippen molar-refractivity contribution in [3.63, 3.8) is 0 Å². The van der Waals surface area contributed by atoms with E-state index in [1.807, 2.05) is 0 Å². The van der Waals surface area contributed by atoms with Crippen LogP contribution in [0, 0.1) is 0 Å². The number of ether oxygens (including phenoxy) is 1. The number of ketones is 1. The summed E-state index contributed by atoms with van der Waals surface area (Å²) in [6.45, 7) is 0.900. The molecule has 21 heavy (non-hydrogen) atoms. The molecule has 0 aromatic heterocycles. The average Bonchev–Trinajstić information content (AvgIpc) is 2.43. The summed E-state index contributed by atoms with van der Waals surface area (Å²) in [4.78, 5) is 27.2. The van der Waals surface area contributed by atoms with Crippen molar-refractivity contribution in [1.29, 1.82) is 0 Å². The summed E-state index contributed by atoms with van der Waals surface area (Å²) >= 11 is 3.13. The highest BCUT2D eigenvalue weighted by atomic mass is 79.9. The summed E-state index contributed by atoms with van der Waals surface area (Å²) in [5.41, 5.74) is 0.00169. The molecule has 0 saturated carbocycles. The quantitative estimate of drug-likeness (QED) is 0.547. The molecule has 1 rings (SSSR count). The van der Waals surface area contributed by atoms with E-state index in [9.17, 15) is 18.0 Å². The van der Waals surface area contributed by atoms with E-state index in [0.717, 1.165) is 6.07 Å². The fourth-order valence-corrected chi connectivity index (χ4v) is 2.72. The first-order chi connectivity index (χ1) is 9.70. The zero-order valence-electron chi connectivity index (χ0n) is 11.6. The SMILES string of the molecule is CON(C)S(=O)(=O)c1ccc(Br)c(C(=O)OCC(C)=O)c1. The summed E-state index contributed by atoms with van der Waals surface area (Å²) < 4.78 is 30.0. The van der Waals surface area contributed by atoms with Gasteiger partial charge in [-0.25, -0.2) is 13.2 Å². The Morgan fingerprint density at radius 1 is 1.33 bits per heavy atom. The largest absolute Gasteiger partial charge is 0.454 e. The van der Waals surface area contributed by atoms with Gasteiger partial charge in [0.25, 0.3) is 10.0 Å². The van der Waals surface area contributed by atoms with Crippen molar-refractivity contribution in [3.8, 4) is 0 Å². The molecule has 0 aliphatic carbocycles. The Kier molecular flexibility index (Phi) is 6.02. The van der Waals surface area contributed by atoms with Crippen molar-refractivity contribution >= 4 is 37.7 Å². The number of halogens is 1. The highest BCUT2D eigenvalue weighted by Crippen LogP contribution is 2.23. The van der Waals surface area contributed by atoms with Crippen molar-refractivity contribution in [2.75, 3.05) is 20.8 Å². The lowest BCUT2D eigenvalue weighted by Gasteiger charge is -2.15. The van der Waals surface area contributed by atoms with E-state index in [2.05, 4.69) is 20.8 Å². The van der Waals surface area contributed by atoms with Gasteiger partial charge < -0.3 is 4.74 Å². The van der Waals surface area contributed by atoms with Crippen molar-refractivity contribution in [1.82, 2.24) is 4.47 Å². The minimum absolute atomic E-state index is 0.00169. The number of esters is 1. The van der Waals surface area contributed by atoms with Gasteiger partial charge in [-0.2, -0.15) is 0 Å². The first-order valence-electron chi connectivity index (χ1n) is 5.69. The molecule has 1 aromatic carbocycles. The molecule has 9 heteroatoms. The van der Waals surface area contributed by atoms with Crippen LogP contribution >= 0.6 is 15.9 Å². The minimum Gasteiger partial charge on any atom is -0.454 e. The third kappa shape index (κ3) is 4.34. The molecule has 0 spiro atoms. The van der Waals surface area contributed by atoms with Gasteiger partial charge in [0.05, 0.1) is 17.6 Å². The lowest BCUT2D eigenvalue weighted by atomic mass is 10.2. The number of carbonyl (C=O) groups excluding carboxylic acids is 2. The smallest absolute Gasteiger partial charge is 0.339 e. The molecular formula is C12H14BrNO6S. The average molecular weight is 380 g/mol. The predicted octanol–water partition coefficient (Wildman–Crippen LogP) is 1.38. The molecule has 0 radical (unpaired) electrons. The van der Waals surface area contributed by atoms with E-state index in [-0.39, 0.29) is 22.8 Å². The second kappa shape index (κ2) is 7.12. The second-order valence-corrected chi connectivity index (χ2v) is 6.81. The minimum atomic E-state index is -3.88. The Labute approximate surface area is 131 Å². The van der Waals surface area contributed by atoms with Gasteiger partial charge in [-0.3, -0.25) is 9.63 Å². The normalized spacial score (nSPS) is 11.5. The number of Topliss-reactive ketones (excluding diaryl/α,β-unsaturated/α-hetero) is 1. The van der Waals surface area contributed by atoms with Gasteiger partial charge in [0.15, 0.2) is 5.78 Å². The van der Waals surface area contributed by atoms with E-state index in [0.29, 0.717) is 8.94 Å². The van der Waals surface area contributed by atoms with Gasteiger partial charge in [0, 0.05) is 11.5 Å². The first-order valence-corrected chi connectivity index (χ1v) is 7.92. The summed E-state index contributed by atoms with van der Waals surface area (Å²) in [6.07, 6.45) is 0. The molecule has 0 aliphatic heterocycles. The van der Waals surface area contributed by atoms with Crippen molar-refractivity contribution in [3.05, 3.63) is 28.2 Å². The van der Waals surface area contributed by atoms with E-state index in [1.165, 1.54) is 33.2 Å². The maximum atomic E-state index is 12.1. The van der Waals surface area contributed by atoms with Gasteiger partial charge in [-0.05, 0) is 41.1 Å². The number of benzene rings is 1. The van der Waals surface area contributed by atoms with Gasteiger partial charge in [0.2, 0.25) is 0 Å². The molecule has 0 atom stereocenters. The summed E-state index contributed by atoms with van der Waals surface area (Å²) in [5.74, 6) is -1.11. The van der Waals surface area contributed by atoms with Crippen molar-refractivity contribution in [2.24, 2.45) is 0 Å². The molecule has 0 fully saturated rings. The van der Waals surface area contributed by atoms with Crippen LogP contribution in [0.4, 0.5) is 0 Å². The van der Waals surface area contributed by atoms with Crippen LogP contribution in [0.5, 0.6) is 0 Å². The zero-order valence-corrected chi connectivity index (χ0v) is 14.0. The Hall–Kier alpha value is -1.29. The molecular weight excluding hydrogens is 366 g/mol. The van der Waals surface area contributed by atoms with Crippen molar-refractivity contribution < 1.29 is 27.6 Å². The molecule has 0 unspecified atom stereocenters. The van der Waals surface area contributed by atoms with Gasteiger partial charge in [0.1, 0.15) is 6.61 Å². The third-order valence-corrected chi connectivity index (χ3v) is 4.82. The van der Waals surface area contributed by atoms with Crippen LogP contribution in [0.15, 0.2) is 27.6 Å². The first kappa shape index (κ1) is 17.8. The van der Waals surface area contributed by atoms with Crippen LogP contribution in [0.25, 0.3) is 0 Å². The van der Waals surface area contributed by atoms with Crippen LogP contribution < -0.4 is 0 Å². The highest BCUT2D eigenvalue weighted by molar-refractivity contribution is 9.10. The molecule has 116 valence electrons. The lowest BCUT2D eigenvalue weighted by molar-refractivity contribution is -0.120. The van der Waals surface area contributed by atoms with E-state index in [1.54, 1.807) is 0 Å². The monoisotopic (exact) mass is 379 g/mol. The Balaban J connectivity index is 3.17. The van der Waals surface area contributed by atoms with Crippen LogP contribution in [0.1, 0.15) is 17.3 Å². The Bertz CT molecular complexity index is 658. The molecule has 0 amide bonds. The standard InChI is InChI=1S/C12H14BrNO6S/c1-8(15)7-20-12(16)10-6-9(4-5-11(10)13)21(17,18)14(2)19-3/h4-6H,7H2,1-3H3. The van der Waals surface area contributed by atoms with E-state index >= 15 is 0 Å². The van der Waals surface area contributed by atoms with Crippen LogP contribution in [-0.2, 0) is 24.4 Å². The van der Waals surface area contributed by atoms with Crippen LogP contribution in [-0.4, -0.2) is 45.4 Å². The summed E-state index contributed by atoms with van der Waals surface area (Å²) in [7, 11) is -1.44. The fourth-order valence-electron chi connectivity index (χ4n) is 1.31. The molecule has 0 heterocycles. The molecule has 1 aromatic rings. The zero-order chi connectivity index (χ0) is 16.2. The fraction of sp³-hybridized carbons (Fsp3) is 0.333. The summed E-state index contributed by atoms with van der Waals surface area (Å²) in [5, 5.41) is 0. The summed E-state index contributed by atoms with van der Waals surface area (Å²) in [6, 6.07) is 3.87. The molecule has 0 saturated heterocycles. The van der Waals surface area contributed by atoms with Gasteiger partial charge >= 0.3 is 5.97 Å². The van der Waals surface area contributed by atoms with Crippen molar-refractivity contribution in [2.45, 2.75) is 11.8 Å². The maximum Gasteiger partial charge on any atom is 0.339 e. The predicted molar refractivity (Wildman–Crippen MR) is 77.1 cm³/mol. The van der Waals surface area contributed by atoms with E-state index < -0.39 is 16.0 Å². The molecule has 0 bridgehead atoms. The lowest BCUT2D eigenvalue weighted by Crippen LogP contribution is -2.26. The number of hydrogen-bond acceptors (Lipinski definition) is 6. The van der Waals surface area contributed by atoms with E-state index in [4.69, 9.17) is 4.74 Å². The Morgan fingerprint density at radius 3 is 2.48 bits per heavy atom. The number of sulfonamides is 1. The van der Waals surface area contributed by atoms with Crippen LogP contribution in [0.2, 0.25) is 0 Å². The number of hydrogen-bond donors (Lipinski definition) is 0. The third-order valence-electron chi connectivity index (χ3n) is 2.46. The topological polar surface area (TPSA) is 90.0 Å². The van der Waals surface area contributed by atoms with Gasteiger partial charge in [-0.1, -0.05) is 4.47 Å². The van der Waals surface area contributed by atoms with Crippen LogP contribution in [0.3, 0.4) is 0 Å². The number of rotatable bonds is 6. The molecule has 0 N–H and O–H groups in total. The molecule has 0 aliphatic rings. The maximum absolute atomic E-state index is 12.1. The molecule has 7 nitrogen and oxygen atoms in total. The number of nitrogens with zero attached hydrogens (tertiary/aromatic N) is 1. The number of carbonyl (C=O) groups is 2.